The van der Waals surface area contributed by atoms with Gasteiger partial charge in [0.1, 0.15) is 11.6 Å². The van der Waals surface area contributed by atoms with Crippen LogP contribution in [0.2, 0.25) is 0 Å². The van der Waals surface area contributed by atoms with Gasteiger partial charge in [0.25, 0.3) is 0 Å². The Kier molecular flexibility index (Phi) is 2.33. The summed E-state index contributed by atoms with van der Waals surface area (Å²) in [7, 11) is 0. The molecule has 2 rings (SSSR count). The largest absolute Gasteiger partial charge is 0.389 e. The quantitative estimate of drug-likeness (QED) is 0.701. The summed E-state index contributed by atoms with van der Waals surface area (Å²) in [5.41, 5.74) is 0.0640. The Morgan fingerprint density at radius 3 is 2.27 bits per heavy atom. The minimum Gasteiger partial charge on any atom is -0.389 e. The first-order chi connectivity index (χ1) is 7.11. The van der Waals surface area contributed by atoms with Crippen molar-refractivity contribution in [1.82, 2.24) is 0 Å². The lowest BCUT2D eigenvalue weighted by Gasteiger charge is -2.37. The van der Waals surface area contributed by atoms with E-state index in [1.807, 2.05) is 5.92 Å². The van der Waals surface area contributed by atoms with Crippen LogP contribution in [0.1, 0.15) is 5.56 Å². The lowest BCUT2D eigenvalue weighted by Crippen LogP contribution is -2.50. The van der Waals surface area contributed by atoms with E-state index in [-0.39, 0.29) is 5.56 Å². The third-order valence-corrected chi connectivity index (χ3v) is 2.40. The monoisotopic (exact) mass is 209 g/mol. The lowest BCUT2D eigenvalue weighted by atomic mass is 10.1. The van der Waals surface area contributed by atoms with E-state index in [2.05, 4.69) is 0 Å². The number of aliphatic hydroxyl groups is 1. The summed E-state index contributed by atoms with van der Waals surface area (Å²) in [5.74, 6) is 0.473. The average molecular weight is 209 g/mol. The van der Waals surface area contributed by atoms with E-state index in [1.54, 1.807) is 4.90 Å². The highest BCUT2D eigenvalue weighted by atomic mass is 19.1. The smallest absolute Gasteiger partial charge is 0.143 e. The summed E-state index contributed by atoms with van der Waals surface area (Å²) in [6, 6.07) is 2.37. The van der Waals surface area contributed by atoms with Crippen LogP contribution in [0.5, 0.6) is 0 Å². The third kappa shape index (κ3) is 1.66. The van der Waals surface area contributed by atoms with Crippen LogP contribution in [0.4, 0.5) is 14.5 Å². The number of hydrogen-bond donors (Lipinski definition) is 1. The Morgan fingerprint density at radius 2 is 1.87 bits per heavy atom. The van der Waals surface area contributed by atoms with E-state index in [9.17, 15) is 8.78 Å². The molecular formula is C11H9F2NO. The second kappa shape index (κ2) is 3.52. The second-order valence-electron chi connectivity index (χ2n) is 3.49. The van der Waals surface area contributed by atoms with Crippen molar-refractivity contribution < 1.29 is 13.9 Å². The molecule has 1 N–H and O–H groups in total. The van der Waals surface area contributed by atoms with Crippen LogP contribution in [0.25, 0.3) is 0 Å². The molecule has 0 aromatic heterocycles. The number of nitrogens with zero attached hydrogens (tertiary/aromatic N) is 1. The van der Waals surface area contributed by atoms with Crippen LogP contribution >= 0.6 is 0 Å². The molecule has 1 saturated heterocycles. The van der Waals surface area contributed by atoms with Crippen molar-refractivity contribution in [2.75, 3.05) is 18.0 Å². The van der Waals surface area contributed by atoms with E-state index in [0.29, 0.717) is 18.8 Å². The Hall–Kier alpha value is -1.60. The normalized spacial score (nSPS) is 16.0. The molecule has 15 heavy (non-hydrogen) atoms. The molecule has 0 atom stereocenters. The Balaban J connectivity index is 2.32. The average Bonchev–Trinajstić information content (AvgIpc) is 2.12. The summed E-state index contributed by atoms with van der Waals surface area (Å²) < 4.78 is 26.5. The van der Waals surface area contributed by atoms with E-state index in [1.165, 1.54) is 12.1 Å². The van der Waals surface area contributed by atoms with Crippen molar-refractivity contribution in [3.05, 3.63) is 29.3 Å². The first-order valence-corrected chi connectivity index (χ1v) is 4.50. The summed E-state index contributed by atoms with van der Waals surface area (Å²) in [6.45, 7) is 0.794. The van der Waals surface area contributed by atoms with Gasteiger partial charge in [0.05, 0.1) is 11.7 Å². The van der Waals surface area contributed by atoms with Gasteiger partial charge in [-0.3, -0.25) is 0 Å². The van der Waals surface area contributed by atoms with Gasteiger partial charge in [0.15, 0.2) is 0 Å². The molecule has 1 aromatic rings. The van der Waals surface area contributed by atoms with Crippen molar-refractivity contribution in [2.45, 2.75) is 6.10 Å². The number of rotatable bonds is 1. The maximum absolute atomic E-state index is 13.3. The number of hydrogen-bond acceptors (Lipinski definition) is 2. The number of β-amino-alcohol motifs (C(OH)–C–C–N with tert-alkyl or cyclic N) is 1. The van der Waals surface area contributed by atoms with Crippen LogP contribution in [0.15, 0.2) is 12.1 Å². The van der Waals surface area contributed by atoms with Gasteiger partial charge in [0, 0.05) is 18.8 Å². The number of terminal acetylenes is 1. The first kappa shape index (κ1) is 9.94. The van der Waals surface area contributed by atoms with Crippen molar-refractivity contribution in [2.24, 2.45) is 0 Å². The molecule has 0 saturated carbocycles. The summed E-state index contributed by atoms with van der Waals surface area (Å²) >= 11 is 0. The number of halogens is 2. The predicted octanol–water partition coefficient (Wildman–Crippen LogP) is 1.13. The van der Waals surface area contributed by atoms with Gasteiger partial charge in [-0.1, -0.05) is 5.92 Å². The summed E-state index contributed by atoms with van der Waals surface area (Å²) in [5, 5.41) is 9.06. The number of benzene rings is 1. The predicted molar refractivity (Wildman–Crippen MR) is 52.5 cm³/mol. The van der Waals surface area contributed by atoms with Crippen LogP contribution in [0, 0.1) is 24.0 Å². The molecule has 1 aromatic carbocycles. The Labute approximate surface area is 86.1 Å². The molecule has 4 heteroatoms. The van der Waals surface area contributed by atoms with Crippen LogP contribution in [0.3, 0.4) is 0 Å². The van der Waals surface area contributed by atoms with Gasteiger partial charge in [-0.05, 0) is 12.1 Å². The molecule has 1 aliphatic heterocycles. The van der Waals surface area contributed by atoms with E-state index >= 15 is 0 Å². The standard InChI is InChI=1S/C11H9F2NO/c1-2-9-10(12)3-7(4-11(9)13)14-5-8(15)6-14/h1,3-4,8,15H,5-6H2. The molecule has 0 spiro atoms. The lowest BCUT2D eigenvalue weighted by molar-refractivity contribution is 0.142. The minimum absolute atomic E-state index is 0.347. The number of aliphatic hydroxyl groups excluding tert-OH is 1. The molecule has 1 aliphatic rings. The molecule has 0 aliphatic carbocycles. The molecular weight excluding hydrogens is 200 g/mol. The summed E-state index contributed by atoms with van der Waals surface area (Å²) in [4.78, 5) is 1.68. The molecule has 0 radical (unpaired) electrons. The number of anilines is 1. The van der Waals surface area contributed by atoms with Crippen LogP contribution in [-0.4, -0.2) is 24.3 Å². The molecule has 0 bridgehead atoms. The van der Waals surface area contributed by atoms with Crippen molar-refractivity contribution in [3.8, 4) is 12.3 Å². The fourth-order valence-electron chi connectivity index (χ4n) is 1.55. The zero-order chi connectivity index (χ0) is 11.0. The van der Waals surface area contributed by atoms with E-state index < -0.39 is 17.7 Å². The molecule has 78 valence electrons. The first-order valence-electron chi connectivity index (χ1n) is 4.50. The summed E-state index contributed by atoms with van der Waals surface area (Å²) in [6.07, 6.45) is 4.55. The zero-order valence-electron chi connectivity index (χ0n) is 7.87. The van der Waals surface area contributed by atoms with Gasteiger partial charge < -0.3 is 10.0 Å². The highest BCUT2D eigenvalue weighted by molar-refractivity contribution is 5.53. The van der Waals surface area contributed by atoms with Crippen molar-refractivity contribution >= 4 is 5.69 Å². The van der Waals surface area contributed by atoms with Crippen molar-refractivity contribution in [3.63, 3.8) is 0 Å². The second-order valence-corrected chi connectivity index (χ2v) is 3.49. The third-order valence-electron chi connectivity index (χ3n) is 2.40. The SMILES string of the molecule is C#Cc1c(F)cc(N2CC(O)C2)cc1F. The maximum Gasteiger partial charge on any atom is 0.143 e. The minimum atomic E-state index is -0.742. The molecule has 0 unspecified atom stereocenters. The topological polar surface area (TPSA) is 23.5 Å². The highest BCUT2D eigenvalue weighted by Gasteiger charge is 2.25. The van der Waals surface area contributed by atoms with Gasteiger partial charge in [0.2, 0.25) is 0 Å². The van der Waals surface area contributed by atoms with Gasteiger partial charge in [-0.2, -0.15) is 0 Å². The maximum atomic E-state index is 13.3. The van der Waals surface area contributed by atoms with E-state index in [0.717, 1.165) is 0 Å². The fraction of sp³-hybridized carbons (Fsp3) is 0.273. The Morgan fingerprint density at radius 1 is 1.33 bits per heavy atom. The zero-order valence-corrected chi connectivity index (χ0v) is 7.87. The van der Waals surface area contributed by atoms with Gasteiger partial charge in [-0.25, -0.2) is 8.78 Å². The van der Waals surface area contributed by atoms with Gasteiger partial charge >= 0.3 is 0 Å². The van der Waals surface area contributed by atoms with Crippen LogP contribution in [-0.2, 0) is 0 Å². The Bertz CT molecular complexity index is 410. The molecule has 1 heterocycles. The van der Waals surface area contributed by atoms with Crippen LogP contribution < -0.4 is 4.90 Å². The van der Waals surface area contributed by atoms with E-state index in [4.69, 9.17) is 11.5 Å². The highest BCUT2D eigenvalue weighted by Crippen LogP contribution is 2.25. The molecule has 0 amide bonds. The van der Waals surface area contributed by atoms with Gasteiger partial charge in [-0.15, -0.1) is 6.42 Å². The molecule has 1 fully saturated rings. The van der Waals surface area contributed by atoms with Crippen molar-refractivity contribution in [1.29, 1.82) is 0 Å². The fourth-order valence-corrected chi connectivity index (χ4v) is 1.55. The molecule has 2 nitrogen and oxygen atoms in total.